The number of halogens is 1. The van der Waals surface area contributed by atoms with Gasteiger partial charge in [0.25, 0.3) is 0 Å². The average molecular weight is 453 g/mol. The number of benzene rings is 1. The number of rotatable bonds is 7. The van der Waals surface area contributed by atoms with Gasteiger partial charge in [-0.05, 0) is 36.2 Å². The molecular formula is C18H24IN5O. The number of carbonyl (C=O) groups excluding carboxylic acids is 1. The van der Waals surface area contributed by atoms with Gasteiger partial charge in [-0.15, -0.1) is 24.0 Å². The summed E-state index contributed by atoms with van der Waals surface area (Å²) in [6.45, 7) is 2.81. The molecule has 0 spiro atoms. The van der Waals surface area contributed by atoms with Crippen molar-refractivity contribution in [3.05, 3.63) is 59.9 Å². The van der Waals surface area contributed by atoms with E-state index in [4.69, 9.17) is 5.73 Å². The van der Waals surface area contributed by atoms with Crippen LogP contribution < -0.4 is 16.4 Å². The lowest BCUT2D eigenvalue weighted by Crippen LogP contribution is -2.33. The van der Waals surface area contributed by atoms with Crippen LogP contribution in [0.2, 0.25) is 0 Å². The van der Waals surface area contributed by atoms with Crippen LogP contribution in [0.25, 0.3) is 0 Å². The molecule has 0 radical (unpaired) electrons. The van der Waals surface area contributed by atoms with Crippen molar-refractivity contribution in [2.45, 2.75) is 19.8 Å². The number of aliphatic imine (C=N–C) groups is 1. The number of nitrogens with one attached hydrogen (secondary N) is 2. The summed E-state index contributed by atoms with van der Waals surface area (Å²) in [4.78, 5) is 19.5. The molecule has 7 heteroatoms. The second-order valence-corrected chi connectivity index (χ2v) is 5.39. The van der Waals surface area contributed by atoms with E-state index in [2.05, 4.69) is 20.6 Å². The number of nitrogens with zero attached hydrogens (tertiary/aromatic N) is 2. The zero-order valence-corrected chi connectivity index (χ0v) is 16.6. The van der Waals surface area contributed by atoms with E-state index in [9.17, 15) is 4.79 Å². The molecule has 6 nitrogen and oxygen atoms in total. The van der Waals surface area contributed by atoms with E-state index in [1.807, 2.05) is 42.5 Å². The van der Waals surface area contributed by atoms with Crippen molar-refractivity contribution < 1.29 is 4.79 Å². The minimum Gasteiger partial charge on any atom is -0.370 e. The summed E-state index contributed by atoms with van der Waals surface area (Å²) in [5.74, 6) is 0.375. The van der Waals surface area contributed by atoms with Crippen LogP contribution in [0, 0.1) is 0 Å². The number of nitrogens with two attached hydrogens (primary N) is 1. The van der Waals surface area contributed by atoms with Crippen LogP contribution in [0.15, 0.2) is 53.7 Å². The van der Waals surface area contributed by atoms with Crippen molar-refractivity contribution in [1.29, 1.82) is 0 Å². The molecule has 2 rings (SSSR count). The van der Waals surface area contributed by atoms with Gasteiger partial charge in [-0.3, -0.25) is 14.8 Å². The minimum atomic E-state index is -0.0703. The second kappa shape index (κ2) is 11.4. The Balaban J connectivity index is 0.00000312. The van der Waals surface area contributed by atoms with E-state index >= 15 is 0 Å². The van der Waals surface area contributed by atoms with E-state index in [1.165, 1.54) is 6.92 Å². The highest BCUT2D eigenvalue weighted by Gasteiger charge is 1.98. The van der Waals surface area contributed by atoms with Crippen molar-refractivity contribution in [3.63, 3.8) is 0 Å². The molecule has 1 heterocycles. The highest BCUT2D eigenvalue weighted by Crippen LogP contribution is 2.09. The predicted octanol–water partition coefficient (Wildman–Crippen LogP) is 2.35. The molecule has 0 aliphatic rings. The fourth-order valence-electron chi connectivity index (χ4n) is 2.19. The first-order valence-electron chi connectivity index (χ1n) is 7.94. The van der Waals surface area contributed by atoms with Crippen molar-refractivity contribution in [1.82, 2.24) is 10.3 Å². The van der Waals surface area contributed by atoms with Crippen molar-refractivity contribution >= 4 is 41.5 Å². The zero-order chi connectivity index (χ0) is 17.2. The van der Waals surface area contributed by atoms with Crippen LogP contribution in [-0.2, 0) is 17.6 Å². The summed E-state index contributed by atoms with van der Waals surface area (Å²) < 4.78 is 0. The Labute approximate surface area is 165 Å². The Bertz CT molecular complexity index is 674. The Kier molecular flexibility index (Phi) is 9.53. The molecule has 0 atom stereocenters. The normalized spacial score (nSPS) is 10.7. The van der Waals surface area contributed by atoms with Crippen LogP contribution in [0.4, 0.5) is 5.69 Å². The molecule has 2 aromatic rings. The summed E-state index contributed by atoms with van der Waals surface area (Å²) in [6, 6.07) is 13.6. The fraction of sp³-hybridized carbons (Fsp3) is 0.278. The molecule has 134 valence electrons. The number of aromatic nitrogens is 1. The number of hydrogen-bond donors (Lipinski definition) is 3. The maximum Gasteiger partial charge on any atom is 0.221 e. The maximum absolute atomic E-state index is 11.0. The number of pyridine rings is 1. The molecular weight excluding hydrogens is 429 g/mol. The molecule has 0 saturated carbocycles. The summed E-state index contributed by atoms with van der Waals surface area (Å²) in [5, 5.41) is 5.85. The summed E-state index contributed by atoms with van der Waals surface area (Å²) in [5.41, 5.74) is 8.83. The maximum atomic E-state index is 11.0. The molecule has 25 heavy (non-hydrogen) atoms. The molecule has 4 N–H and O–H groups in total. The van der Waals surface area contributed by atoms with Gasteiger partial charge in [0.1, 0.15) is 0 Å². The van der Waals surface area contributed by atoms with Gasteiger partial charge in [0.05, 0.1) is 0 Å². The fourth-order valence-corrected chi connectivity index (χ4v) is 2.19. The van der Waals surface area contributed by atoms with Gasteiger partial charge in [-0.1, -0.05) is 18.2 Å². The molecule has 0 bridgehead atoms. The lowest BCUT2D eigenvalue weighted by Gasteiger charge is -2.07. The topological polar surface area (TPSA) is 92.4 Å². The summed E-state index contributed by atoms with van der Waals surface area (Å²) in [7, 11) is 0. The second-order valence-electron chi connectivity index (χ2n) is 5.39. The lowest BCUT2D eigenvalue weighted by molar-refractivity contribution is -0.114. The number of carbonyl (C=O) groups is 1. The Hall–Kier alpha value is -2.16. The standard InChI is InChI=1S/C18H23N5O.HI/c1-14(24)23-17-7-5-15(6-8-17)9-12-21-18(19)22-13-10-16-4-2-3-11-20-16;/h2-8,11H,9-10,12-13H2,1H3,(H,23,24)(H3,19,21,22);1H. The highest BCUT2D eigenvalue weighted by atomic mass is 127. The van der Waals surface area contributed by atoms with Gasteiger partial charge in [0.15, 0.2) is 5.96 Å². The Morgan fingerprint density at radius 1 is 1.16 bits per heavy atom. The third kappa shape index (κ3) is 8.48. The van der Waals surface area contributed by atoms with Crippen LogP contribution in [0.1, 0.15) is 18.2 Å². The van der Waals surface area contributed by atoms with Crippen molar-refractivity contribution in [2.24, 2.45) is 10.7 Å². The van der Waals surface area contributed by atoms with E-state index in [1.54, 1.807) is 6.20 Å². The van der Waals surface area contributed by atoms with Gasteiger partial charge in [0, 0.05) is 44.0 Å². The molecule has 0 aliphatic heterocycles. The first-order valence-corrected chi connectivity index (χ1v) is 7.94. The van der Waals surface area contributed by atoms with E-state index in [0.29, 0.717) is 19.0 Å². The minimum absolute atomic E-state index is 0. The summed E-state index contributed by atoms with van der Waals surface area (Å²) >= 11 is 0. The van der Waals surface area contributed by atoms with Gasteiger partial charge in [-0.2, -0.15) is 0 Å². The number of anilines is 1. The van der Waals surface area contributed by atoms with Crippen LogP contribution in [0.5, 0.6) is 0 Å². The highest BCUT2D eigenvalue weighted by molar-refractivity contribution is 14.0. The quantitative estimate of drug-likeness (QED) is 0.341. The SMILES string of the molecule is CC(=O)Nc1ccc(CCNC(N)=NCCc2ccccn2)cc1.I. The van der Waals surface area contributed by atoms with Crippen LogP contribution in [0.3, 0.4) is 0 Å². The molecule has 0 fully saturated rings. The molecule has 1 aromatic heterocycles. The number of hydrogen-bond acceptors (Lipinski definition) is 3. The first kappa shape index (κ1) is 20.9. The monoisotopic (exact) mass is 453 g/mol. The van der Waals surface area contributed by atoms with Crippen molar-refractivity contribution in [3.8, 4) is 0 Å². The van der Waals surface area contributed by atoms with E-state index in [-0.39, 0.29) is 29.9 Å². The van der Waals surface area contributed by atoms with Gasteiger partial charge in [0.2, 0.25) is 5.91 Å². The Morgan fingerprint density at radius 2 is 1.92 bits per heavy atom. The molecule has 0 aliphatic carbocycles. The summed E-state index contributed by atoms with van der Waals surface area (Å²) in [6.07, 6.45) is 3.38. The lowest BCUT2D eigenvalue weighted by atomic mass is 10.1. The van der Waals surface area contributed by atoms with Crippen LogP contribution >= 0.6 is 24.0 Å². The van der Waals surface area contributed by atoms with E-state index in [0.717, 1.165) is 29.8 Å². The third-order valence-corrected chi connectivity index (χ3v) is 3.37. The first-order chi connectivity index (χ1) is 11.6. The smallest absolute Gasteiger partial charge is 0.221 e. The number of guanidine groups is 1. The molecule has 1 amide bonds. The largest absolute Gasteiger partial charge is 0.370 e. The molecule has 1 aromatic carbocycles. The van der Waals surface area contributed by atoms with Crippen LogP contribution in [-0.4, -0.2) is 29.9 Å². The van der Waals surface area contributed by atoms with Gasteiger partial charge in [-0.25, -0.2) is 0 Å². The third-order valence-electron chi connectivity index (χ3n) is 3.37. The zero-order valence-electron chi connectivity index (χ0n) is 14.2. The van der Waals surface area contributed by atoms with Gasteiger partial charge >= 0.3 is 0 Å². The van der Waals surface area contributed by atoms with E-state index < -0.39 is 0 Å². The average Bonchev–Trinajstić information content (AvgIpc) is 2.57. The molecule has 0 unspecified atom stereocenters. The van der Waals surface area contributed by atoms with Crippen molar-refractivity contribution in [2.75, 3.05) is 18.4 Å². The number of amides is 1. The van der Waals surface area contributed by atoms with Gasteiger partial charge < -0.3 is 16.4 Å². The predicted molar refractivity (Wildman–Crippen MR) is 112 cm³/mol. The molecule has 0 saturated heterocycles. The Morgan fingerprint density at radius 3 is 2.56 bits per heavy atom.